The van der Waals surface area contributed by atoms with Crippen molar-refractivity contribution < 1.29 is 4.74 Å². The number of ether oxygens (including phenoxy) is 1. The zero-order valence-electron chi connectivity index (χ0n) is 8.66. The Balaban J connectivity index is 2.92. The fourth-order valence-corrected chi connectivity index (χ4v) is 1.74. The highest BCUT2D eigenvalue weighted by atomic mass is 16.5. The minimum absolute atomic E-state index is 0.922. The van der Waals surface area contributed by atoms with Gasteiger partial charge in [0.25, 0.3) is 0 Å². The Hall–Kier alpha value is -1.57. The lowest BCUT2D eigenvalue weighted by Gasteiger charge is -2.09. The molecule has 0 spiro atoms. The predicted molar refractivity (Wildman–Crippen MR) is 57.8 cm³/mol. The first-order chi connectivity index (χ1) is 6.74. The summed E-state index contributed by atoms with van der Waals surface area (Å²) in [4.78, 5) is 4.33. The number of pyridine rings is 1. The average Bonchev–Trinajstić information content (AvgIpc) is 2.23. The largest absolute Gasteiger partial charge is 0.496 e. The van der Waals surface area contributed by atoms with E-state index in [-0.39, 0.29) is 0 Å². The van der Waals surface area contributed by atoms with Crippen molar-refractivity contribution in [1.82, 2.24) is 4.98 Å². The van der Waals surface area contributed by atoms with Crippen LogP contribution in [0.3, 0.4) is 0 Å². The van der Waals surface area contributed by atoms with Crippen molar-refractivity contribution in [1.29, 1.82) is 0 Å². The Morgan fingerprint density at radius 1 is 1.21 bits per heavy atom. The average molecular weight is 187 g/mol. The second-order valence-corrected chi connectivity index (χ2v) is 3.41. The highest BCUT2D eigenvalue weighted by Crippen LogP contribution is 2.29. The number of benzene rings is 1. The van der Waals surface area contributed by atoms with Gasteiger partial charge in [0.05, 0.1) is 7.11 Å². The molecule has 0 fully saturated rings. The monoisotopic (exact) mass is 187 g/mol. The lowest BCUT2D eigenvalue weighted by Crippen LogP contribution is -1.91. The van der Waals surface area contributed by atoms with Gasteiger partial charge in [0.15, 0.2) is 0 Å². The van der Waals surface area contributed by atoms with E-state index in [0.29, 0.717) is 0 Å². The highest BCUT2D eigenvalue weighted by Gasteiger charge is 2.06. The minimum Gasteiger partial charge on any atom is -0.496 e. The van der Waals surface area contributed by atoms with Gasteiger partial charge < -0.3 is 4.74 Å². The zero-order valence-corrected chi connectivity index (χ0v) is 8.66. The molecule has 0 aliphatic carbocycles. The van der Waals surface area contributed by atoms with Gasteiger partial charge in [-0.2, -0.15) is 0 Å². The molecule has 0 aliphatic heterocycles. The SMILES string of the molecule is COc1cccc2c(C)ncc(C)c12. The van der Waals surface area contributed by atoms with Crippen LogP contribution in [0.1, 0.15) is 11.3 Å². The van der Waals surface area contributed by atoms with E-state index >= 15 is 0 Å². The van der Waals surface area contributed by atoms with Crippen LogP contribution in [0.25, 0.3) is 10.8 Å². The normalized spacial score (nSPS) is 10.5. The summed E-state index contributed by atoms with van der Waals surface area (Å²) in [5.41, 5.74) is 2.20. The topological polar surface area (TPSA) is 22.1 Å². The second-order valence-electron chi connectivity index (χ2n) is 3.41. The van der Waals surface area contributed by atoms with E-state index in [1.54, 1.807) is 7.11 Å². The van der Waals surface area contributed by atoms with Crippen molar-refractivity contribution in [2.75, 3.05) is 7.11 Å². The van der Waals surface area contributed by atoms with Gasteiger partial charge in [0, 0.05) is 22.7 Å². The highest BCUT2D eigenvalue weighted by molar-refractivity contribution is 5.92. The van der Waals surface area contributed by atoms with E-state index in [2.05, 4.69) is 18.0 Å². The summed E-state index contributed by atoms with van der Waals surface area (Å²) in [5, 5.41) is 2.34. The summed E-state index contributed by atoms with van der Waals surface area (Å²) in [5.74, 6) is 0.922. The van der Waals surface area contributed by atoms with Crippen molar-refractivity contribution in [2.24, 2.45) is 0 Å². The molecule has 14 heavy (non-hydrogen) atoms. The maximum atomic E-state index is 5.34. The number of rotatable bonds is 1. The molecule has 72 valence electrons. The molecular formula is C12H13NO. The Bertz CT molecular complexity index is 477. The molecule has 1 aromatic heterocycles. The predicted octanol–water partition coefficient (Wildman–Crippen LogP) is 2.86. The number of aromatic nitrogens is 1. The van der Waals surface area contributed by atoms with Gasteiger partial charge in [0.1, 0.15) is 5.75 Å². The van der Waals surface area contributed by atoms with Gasteiger partial charge in [-0.3, -0.25) is 4.98 Å². The Morgan fingerprint density at radius 2 is 2.00 bits per heavy atom. The molecule has 0 N–H and O–H groups in total. The quantitative estimate of drug-likeness (QED) is 0.684. The fraction of sp³-hybridized carbons (Fsp3) is 0.250. The van der Waals surface area contributed by atoms with Crippen LogP contribution in [-0.4, -0.2) is 12.1 Å². The molecule has 2 nitrogen and oxygen atoms in total. The van der Waals surface area contributed by atoms with E-state index in [4.69, 9.17) is 4.74 Å². The first-order valence-electron chi connectivity index (χ1n) is 4.63. The number of fused-ring (bicyclic) bond motifs is 1. The first kappa shape index (κ1) is 9.00. The van der Waals surface area contributed by atoms with Crippen LogP contribution >= 0.6 is 0 Å². The first-order valence-corrected chi connectivity index (χ1v) is 4.63. The molecule has 0 saturated heterocycles. The summed E-state index contributed by atoms with van der Waals surface area (Å²) in [7, 11) is 1.70. The van der Waals surface area contributed by atoms with Crippen molar-refractivity contribution >= 4 is 10.8 Å². The van der Waals surface area contributed by atoms with Crippen molar-refractivity contribution in [2.45, 2.75) is 13.8 Å². The summed E-state index contributed by atoms with van der Waals surface area (Å²) in [6, 6.07) is 6.05. The van der Waals surface area contributed by atoms with Crippen LogP contribution in [-0.2, 0) is 0 Å². The minimum atomic E-state index is 0.922. The van der Waals surface area contributed by atoms with E-state index in [9.17, 15) is 0 Å². The third kappa shape index (κ3) is 1.23. The summed E-state index contributed by atoms with van der Waals surface area (Å²) >= 11 is 0. The number of nitrogens with zero attached hydrogens (tertiary/aromatic N) is 1. The van der Waals surface area contributed by atoms with Crippen LogP contribution in [0.5, 0.6) is 5.75 Å². The van der Waals surface area contributed by atoms with E-state index in [1.165, 1.54) is 10.8 Å². The summed E-state index contributed by atoms with van der Waals surface area (Å²) < 4.78 is 5.34. The summed E-state index contributed by atoms with van der Waals surface area (Å²) in [6.07, 6.45) is 1.89. The van der Waals surface area contributed by atoms with Crippen molar-refractivity contribution in [3.05, 3.63) is 35.7 Å². The maximum absolute atomic E-state index is 5.34. The fourth-order valence-electron chi connectivity index (χ4n) is 1.74. The third-order valence-corrected chi connectivity index (χ3v) is 2.48. The molecule has 0 unspecified atom stereocenters. The molecule has 1 heterocycles. The van der Waals surface area contributed by atoms with Crippen LogP contribution in [0.2, 0.25) is 0 Å². The standard InChI is InChI=1S/C12H13NO/c1-8-7-13-9(2)10-5-4-6-11(14-3)12(8)10/h4-7H,1-3H3. The Morgan fingerprint density at radius 3 is 2.71 bits per heavy atom. The Labute approximate surface area is 83.5 Å². The van der Waals surface area contributed by atoms with E-state index in [1.807, 2.05) is 25.3 Å². The van der Waals surface area contributed by atoms with Gasteiger partial charge >= 0.3 is 0 Å². The molecule has 0 bridgehead atoms. The van der Waals surface area contributed by atoms with Gasteiger partial charge in [-0.05, 0) is 25.5 Å². The molecule has 0 radical (unpaired) electrons. The van der Waals surface area contributed by atoms with Crippen LogP contribution < -0.4 is 4.74 Å². The molecule has 0 amide bonds. The number of hydrogen-bond acceptors (Lipinski definition) is 2. The second kappa shape index (κ2) is 3.29. The third-order valence-electron chi connectivity index (χ3n) is 2.48. The molecule has 2 rings (SSSR count). The van der Waals surface area contributed by atoms with E-state index < -0.39 is 0 Å². The molecule has 0 atom stereocenters. The van der Waals surface area contributed by atoms with Gasteiger partial charge in [0.2, 0.25) is 0 Å². The van der Waals surface area contributed by atoms with E-state index in [0.717, 1.165) is 17.0 Å². The molecular weight excluding hydrogens is 174 g/mol. The molecule has 0 saturated carbocycles. The van der Waals surface area contributed by atoms with Gasteiger partial charge in [-0.25, -0.2) is 0 Å². The smallest absolute Gasteiger partial charge is 0.127 e. The summed E-state index contributed by atoms with van der Waals surface area (Å²) in [6.45, 7) is 4.07. The zero-order chi connectivity index (χ0) is 10.1. The van der Waals surface area contributed by atoms with Gasteiger partial charge in [-0.1, -0.05) is 12.1 Å². The number of hydrogen-bond donors (Lipinski definition) is 0. The Kier molecular flexibility index (Phi) is 2.12. The molecule has 2 aromatic rings. The number of methoxy groups -OCH3 is 1. The lowest BCUT2D eigenvalue weighted by molar-refractivity contribution is 0.419. The molecule has 2 heteroatoms. The molecule has 1 aromatic carbocycles. The maximum Gasteiger partial charge on any atom is 0.127 e. The van der Waals surface area contributed by atoms with Crippen molar-refractivity contribution in [3.63, 3.8) is 0 Å². The van der Waals surface area contributed by atoms with Gasteiger partial charge in [-0.15, -0.1) is 0 Å². The molecule has 0 aliphatic rings. The van der Waals surface area contributed by atoms with Crippen LogP contribution in [0.15, 0.2) is 24.4 Å². The number of aryl methyl sites for hydroxylation is 2. The van der Waals surface area contributed by atoms with Crippen LogP contribution in [0, 0.1) is 13.8 Å². The van der Waals surface area contributed by atoms with Crippen molar-refractivity contribution in [3.8, 4) is 5.75 Å². The lowest BCUT2D eigenvalue weighted by atomic mass is 10.1. The van der Waals surface area contributed by atoms with Crippen LogP contribution in [0.4, 0.5) is 0 Å².